The van der Waals surface area contributed by atoms with E-state index in [2.05, 4.69) is 32.1 Å². The van der Waals surface area contributed by atoms with Gasteiger partial charge in [0, 0.05) is 23.5 Å². The number of fused-ring (bicyclic) bond motifs is 1. The maximum Gasteiger partial charge on any atom is 0.194 e. The van der Waals surface area contributed by atoms with Crippen LogP contribution in [-0.4, -0.2) is 24.6 Å². The number of aromatic nitrogens is 5. The first-order chi connectivity index (χ1) is 13.3. The summed E-state index contributed by atoms with van der Waals surface area (Å²) in [5, 5.41) is 14.4. The fourth-order valence-corrected chi connectivity index (χ4v) is 4.15. The first-order valence-corrected chi connectivity index (χ1v) is 9.75. The number of hydrogen-bond donors (Lipinski definition) is 2. The minimum atomic E-state index is -0.512. The van der Waals surface area contributed by atoms with Crippen LogP contribution in [-0.2, 0) is 5.54 Å². The normalized spacial score (nSPS) is 11.7. The predicted molar refractivity (Wildman–Crippen MR) is 113 cm³/mol. The lowest BCUT2D eigenvalue weighted by Crippen LogP contribution is -2.30. The third-order valence-corrected chi connectivity index (χ3v) is 5.40. The quantitative estimate of drug-likeness (QED) is 0.511. The monoisotopic (exact) mass is 411 g/mol. The number of rotatable bonds is 5. The van der Waals surface area contributed by atoms with Gasteiger partial charge in [-0.15, -0.1) is 21.5 Å². The van der Waals surface area contributed by atoms with Gasteiger partial charge in [0.05, 0.1) is 21.9 Å². The van der Waals surface area contributed by atoms with Crippen LogP contribution >= 0.6 is 22.9 Å². The zero-order valence-corrected chi connectivity index (χ0v) is 16.9. The van der Waals surface area contributed by atoms with E-state index in [0.717, 1.165) is 22.0 Å². The van der Waals surface area contributed by atoms with E-state index in [1.807, 2.05) is 48.0 Å². The molecule has 4 heterocycles. The zero-order valence-electron chi connectivity index (χ0n) is 15.3. The minimum absolute atomic E-state index is 0.497. The van der Waals surface area contributed by atoms with Gasteiger partial charge in [0.15, 0.2) is 4.96 Å². The third-order valence-electron chi connectivity index (χ3n) is 4.26. The Morgan fingerprint density at radius 1 is 1.25 bits per heavy atom. The highest BCUT2D eigenvalue weighted by Gasteiger charge is 2.25. The highest BCUT2D eigenvalue weighted by Crippen LogP contribution is 2.29. The number of nitrogens with zero attached hydrogens (tertiary/aromatic N) is 5. The average Bonchev–Trinajstić information content (AvgIpc) is 3.22. The van der Waals surface area contributed by atoms with Gasteiger partial charge in [0.2, 0.25) is 0 Å². The van der Waals surface area contributed by atoms with Crippen LogP contribution in [0.1, 0.15) is 25.2 Å². The van der Waals surface area contributed by atoms with E-state index in [-0.39, 0.29) is 0 Å². The number of thiazole rings is 1. The van der Waals surface area contributed by atoms with Crippen LogP contribution in [0.15, 0.2) is 48.6 Å². The van der Waals surface area contributed by atoms with E-state index in [1.165, 1.54) is 11.3 Å². The Bertz CT molecular complexity index is 1160. The zero-order chi connectivity index (χ0) is 19.9. The lowest BCUT2D eigenvalue weighted by molar-refractivity contribution is 0.583. The van der Waals surface area contributed by atoms with Gasteiger partial charge in [0.25, 0.3) is 0 Å². The van der Waals surface area contributed by atoms with Gasteiger partial charge in [0.1, 0.15) is 17.2 Å². The molecule has 0 aliphatic rings. The van der Waals surface area contributed by atoms with Gasteiger partial charge in [-0.25, -0.2) is 4.98 Å². The smallest absolute Gasteiger partial charge is 0.194 e. The highest BCUT2D eigenvalue weighted by molar-refractivity contribution is 7.15. The Kier molecular flexibility index (Phi) is 4.52. The SMILES string of the molecule is C=C(N)c1csc2nc(-c3ccc(NC(C)(C)c4ncccc4Cl)nn3)cn12. The molecule has 0 amide bonds. The van der Waals surface area contributed by atoms with E-state index in [9.17, 15) is 0 Å². The lowest BCUT2D eigenvalue weighted by Gasteiger charge is -2.26. The number of anilines is 1. The summed E-state index contributed by atoms with van der Waals surface area (Å²) in [6, 6.07) is 7.35. The fraction of sp³-hybridized carbons (Fsp3) is 0.158. The van der Waals surface area contributed by atoms with Gasteiger partial charge in [-0.05, 0) is 38.1 Å². The summed E-state index contributed by atoms with van der Waals surface area (Å²) in [4.78, 5) is 9.79. The Balaban J connectivity index is 1.59. The molecule has 28 heavy (non-hydrogen) atoms. The molecule has 4 rings (SSSR count). The summed E-state index contributed by atoms with van der Waals surface area (Å²) in [5.41, 5.74) is 8.77. The Morgan fingerprint density at radius 2 is 2.07 bits per heavy atom. The number of hydrogen-bond acceptors (Lipinski definition) is 7. The van der Waals surface area contributed by atoms with Crippen LogP contribution in [0.3, 0.4) is 0 Å². The maximum absolute atomic E-state index is 6.28. The number of nitrogens with one attached hydrogen (secondary N) is 1. The summed E-state index contributed by atoms with van der Waals surface area (Å²) in [7, 11) is 0. The number of imidazole rings is 1. The van der Waals surface area contributed by atoms with E-state index in [0.29, 0.717) is 22.2 Å². The Hall–Kier alpha value is -2.97. The van der Waals surface area contributed by atoms with Crippen LogP contribution in [0.4, 0.5) is 5.82 Å². The summed E-state index contributed by atoms with van der Waals surface area (Å²) in [6.45, 7) is 7.77. The second-order valence-electron chi connectivity index (χ2n) is 6.81. The van der Waals surface area contributed by atoms with Gasteiger partial charge >= 0.3 is 0 Å². The van der Waals surface area contributed by atoms with Gasteiger partial charge in [-0.3, -0.25) is 9.38 Å². The second-order valence-corrected chi connectivity index (χ2v) is 8.06. The van der Waals surface area contributed by atoms with Crippen LogP contribution in [0.25, 0.3) is 22.0 Å². The van der Waals surface area contributed by atoms with Crippen LogP contribution < -0.4 is 11.1 Å². The topological polar surface area (TPSA) is 94.0 Å². The molecule has 142 valence electrons. The Morgan fingerprint density at radius 3 is 2.75 bits per heavy atom. The molecule has 0 bridgehead atoms. The summed E-state index contributed by atoms with van der Waals surface area (Å²) in [5.74, 6) is 0.618. The molecule has 3 N–H and O–H groups in total. The van der Waals surface area contributed by atoms with Crippen molar-refractivity contribution >= 4 is 39.4 Å². The molecule has 0 aromatic carbocycles. The maximum atomic E-state index is 6.28. The third kappa shape index (κ3) is 3.32. The van der Waals surface area contributed by atoms with Crippen LogP contribution in [0.5, 0.6) is 0 Å². The van der Waals surface area contributed by atoms with Crippen molar-refractivity contribution in [3.8, 4) is 11.4 Å². The molecule has 0 unspecified atom stereocenters. The molecule has 0 saturated heterocycles. The Labute approximate surface area is 170 Å². The van der Waals surface area contributed by atoms with Crippen LogP contribution in [0, 0.1) is 0 Å². The molecular formula is C19H18ClN7S. The van der Waals surface area contributed by atoms with Gasteiger partial charge in [-0.2, -0.15) is 0 Å². The van der Waals surface area contributed by atoms with Crippen molar-refractivity contribution in [1.29, 1.82) is 0 Å². The van der Waals surface area contributed by atoms with Crippen molar-refractivity contribution in [2.45, 2.75) is 19.4 Å². The molecule has 9 heteroatoms. The average molecular weight is 412 g/mol. The van der Waals surface area contributed by atoms with Gasteiger partial charge < -0.3 is 11.1 Å². The molecule has 7 nitrogen and oxygen atoms in total. The molecule has 0 aliphatic heterocycles. The molecule has 0 fully saturated rings. The van der Waals surface area contributed by atoms with E-state index < -0.39 is 5.54 Å². The summed E-state index contributed by atoms with van der Waals surface area (Å²) >= 11 is 7.78. The van der Waals surface area contributed by atoms with Crippen molar-refractivity contribution < 1.29 is 0 Å². The molecule has 0 saturated carbocycles. The van der Waals surface area contributed by atoms with Crippen molar-refractivity contribution in [2.75, 3.05) is 5.32 Å². The molecule has 4 aromatic heterocycles. The molecule has 0 radical (unpaired) electrons. The first-order valence-electron chi connectivity index (χ1n) is 8.50. The van der Waals surface area contributed by atoms with Crippen molar-refractivity contribution in [3.63, 3.8) is 0 Å². The first kappa shape index (κ1) is 18.4. The summed E-state index contributed by atoms with van der Waals surface area (Å²) < 4.78 is 1.91. The molecule has 4 aromatic rings. The van der Waals surface area contributed by atoms with Crippen molar-refractivity contribution in [3.05, 3.63) is 65.0 Å². The predicted octanol–water partition coefficient (Wildman–Crippen LogP) is 4.18. The molecule has 0 spiro atoms. The van der Waals surface area contributed by atoms with E-state index in [4.69, 9.17) is 17.3 Å². The number of halogens is 1. The van der Waals surface area contributed by atoms with Crippen LogP contribution in [0.2, 0.25) is 5.02 Å². The van der Waals surface area contributed by atoms with E-state index >= 15 is 0 Å². The largest absolute Gasteiger partial charge is 0.397 e. The highest BCUT2D eigenvalue weighted by atomic mass is 35.5. The van der Waals surface area contributed by atoms with E-state index in [1.54, 1.807) is 12.3 Å². The summed E-state index contributed by atoms with van der Waals surface area (Å²) in [6.07, 6.45) is 3.60. The molecule has 0 aliphatic carbocycles. The minimum Gasteiger partial charge on any atom is -0.397 e. The number of pyridine rings is 1. The van der Waals surface area contributed by atoms with Crippen molar-refractivity contribution in [1.82, 2.24) is 24.6 Å². The van der Waals surface area contributed by atoms with Gasteiger partial charge in [-0.1, -0.05) is 18.2 Å². The second kappa shape index (κ2) is 6.88. The lowest BCUT2D eigenvalue weighted by atomic mass is 10.00. The molecular weight excluding hydrogens is 394 g/mol. The number of nitrogens with two attached hydrogens (primary N) is 1. The standard InChI is InChI=1S/C19H18ClN7S/c1-11(21)15-10-28-18-23-14(9-27(15)18)13-6-7-16(26-25-13)24-19(2,3)17-12(20)5-4-8-22-17/h4-10H,1,21H2,2-3H3,(H,24,26). The fourth-order valence-electron chi connectivity index (χ4n) is 2.90. The van der Waals surface area contributed by atoms with Crippen molar-refractivity contribution in [2.24, 2.45) is 5.73 Å². The molecule has 0 atom stereocenters.